The average molecular weight is 339 g/mol. The van der Waals surface area contributed by atoms with Crippen molar-refractivity contribution >= 4 is 32.4 Å². The van der Waals surface area contributed by atoms with Gasteiger partial charge >= 0.3 is 0 Å². The Labute approximate surface area is 104 Å². The maximum Gasteiger partial charge on any atom is 0.155 e. The lowest BCUT2D eigenvalue weighted by Gasteiger charge is -2.07. The molecule has 84 valence electrons. The van der Waals surface area contributed by atoms with Crippen LogP contribution in [-0.4, -0.2) is 20.2 Å². The monoisotopic (exact) mass is 339 g/mol. The van der Waals surface area contributed by atoms with E-state index < -0.39 is 9.84 Å². The smallest absolute Gasteiger partial charge is 0.155 e. The Morgan fingerprint density at radius 3 is 2.33 bits per heavy atom. The summed E-state index contributed by atoms with van der Waals surface area (Å²) >= 11 is 2.18. The van der Waals surface area contributed by atoms with Gasteiger partial charge < -0.3 is 5.73 Å². The molecule has 0 amide bonds. The largest absolute Gasteiger partial charge is 0.327 e. The van der Waals surface area contributed by atoms with Crippen LogP contribution in [0.1, 0.15) is 12.5 Å². The fourth-order valence-electron chi connectivity index (χ4n) is 1.29. The molecule has 1 atom stereocenters. The van der Waals surface area contributed by atoms with Gasteiger partial charge in [0.15, 0.2) is 9.84 Å². The van der Waals surface area contributed by atoms with E-state index >= 15 is 0 Å². The fourth-order valence-corrected chi connectivity index (χ4v) is 3.27. The normalized spacial score (nSPS) is 13.8. The number of nitrogens with two attached hydrogens (primary N) is 1. The molecule has 0 aliphatic heterocycles. The van der Waals surface area contributed by atoms with Gasteiger partial charge in [0.05, 0.1) is 11.5 Å². The zero-order valence-corrected chi connectivity index (χ0v) is 11.5. The van der Waals surface area contributed by atoms with E-state index in [0.717, 1.165) is 9.13 Å². The fraction of sp³-hybridized carbons (Fsp3) is 0.400. The van der Waals surface area contributed by atoms with Gasteiger partial charge in [0.25, 0.3) is 0 Å². The maximum absolute atomic E-state index is 11.6. The number of halogens is 1. The van der Waals surface area contributed by atoms with Gasteiger partial charge in [-0.05, 0) is 47.2 Å². The molecule has 15 heavy (non-hydrogen) atoms. The molecule has 0 aliphatic rings. The van der Waals surface area contributed by atoms with Crippen molar-refractivity contribution in [2.45, 2.75) is 18.7 Å². The summed E-state index contributed by atoms with van der Waals surface area (Å²) < 4.78 is 24.3. The molecule has 1 rings (SSSR count). The Hall–Kier alpha value is -0.140. The predicted octanol–water partition coefficient (Wildman–Crippen LogP) is 1.55. The van der Waals surface area contributed by atoms with Crippen LogP contribution < -0.4 is 5.73 Å². The number of sulfone groups is 1. The summed E-state index contributed by atoms with van der Waals surface area (Å²) in [5, 5.41) is 0. The van der Waals surface area contributed by atoms with Crippen LogP contribution in [0.2, 0.25) is 0 Å². The zero-order valence-electron chi connectivity index (χ0n) is 8.48. The Balaban J connectivity index is 2.73. The molecule has 0 aromatic heterocycles. The molecule has 0 heterocycles. The Bertz CT molecular complexity index is 412. The van der Waals surface area contributed by atoms with Gasteiger partial charge in [0.1, 0.15) is 0 Å². The van der Waals surface area contributed by atoms with Gasteiger partial charge in [0.2, 0.25) is 0 Å². The Morgan fingerprint density at radius 1 is 1.33 bits per heavy atom. The van der Waals surface area contributed by atoms with E-state index in [1.54, 1.807) is 6.92 Å². The van der Waals surface area contributed by atoms with E-state index in [-0.39, 0.29) is 17.5 Å². The van der Waals surface area contributed by atoms with E-state index in [9.17, 15) is 8.42 Å². The lowest BCUT2D eigenvalue weighted by molar-refractivity contribution is 0.589. The summed E-state index contributed by atoms with van der Waals surface area (Å²) in [5.74, 6) is 0.116. The van der Waals surface area contributed by atoms with E-state index in [1.165, 1.54) is 0 Å². The van der Waals surface area contributed by atoms with E-state index in [0.29, 0.717) is 0 Å². The minimum Gasteiger partial charge on any atom is -0.327 e. The summed E-state index contributed by atoms with van der Waals surface area (Å²) in [4.78, 5) is 0. The highest BCUT2D eigenvalue weighted by Gasteiger charge is 2.13. The lowest BCUT2D eigenvalue weighted by Crippen LogP contribution is -2.26. The van der Waals surface area contributed by atoms with E-state index in [4.69, 9.17) is 5.73 Å². The van der Waals surface area contributed by atoms with Crippen LogP contribution in [0.15, 0.2) is 24.3 Å². The first-order chi connectivity index (χ1) is 6.89. The first-order valence-corrected chi connectivity index (χ1v) is 7.49. The van der Waals surface area contributed by atoms with Crippen molar-refractivity contribution in [1.82, 2.24) is 0 Å². The third-order valence-electron chi connectivity index (χ3n) is 1.82. The highest BCUT2D eigenvalue weighted by molar-refractivity contribution is 14.1. The minimum absolute atomic E-state index is 0.0407. The molecule has 1 aromatic rings. The molecule has 0 saturated heterocycles. The third kappa shape index (κ3) is 4.94. The summed E-state index contributed by atoms with van der Waals surface area (Å²) in [6.07, 6.45) is 0. The number of hydrogen-bond acceptors (Lipinski definition) is 3. The highest BCUT2D eigenvalue weighted by Crippen LogP contribution is 2.10. The summed E-state index contributed by atoms with van der Waals surface area (Å²) in [7, 11) is -3.07. The minimum atomic E-state index is -3.07. The molecular formula is C10H14INO2S. The summed E-state index contributed by atoms with van der Waals surface area (Å²) in [6, 6.07) is 7.16. The standard InChI is InChI=1S/C10H14INO2S/c1-8(12)6-15(13,14)7-9-2-4-10(11)5-3-9/h2-5,8H,6-7,12H2,1H3. The number of hydrogen-bond donors (Lipinski definition) is 1. The van der Waals surface area contributed by atoms with Gasteiger partial charge in [-0.3, -0.25) is 0 Å². The van der Waals surface area contributed by atoms with E-state index in [2.05, 4.69) is 22.6 Å². The maximum atomic E-state index is 11.6. The number of benzene rings is 1. The summed E-state index contributed by atoms with van der Waals surface area (Å²) in [5.41, 5.74) is 6.29. The van der Waals surface area contributed by atoms with Crippen molar-refractivity contribution in [1.29, 1.82) is 0 Å². The van der Waals surface area contributed by atoms with Crippen molar-refractivity contribution in [3.8, 4) is 0 Å². The van der Waals surface area contributed by atoms with Crippen LogP contribution in [0.25, 0.3) is 0 Å². The molecule has 0 saturated carbocycles. The van der Waals surface area contributed by atoms with Gasteiger partial charge in [-0.15, -0.1) is 0 Å². The first-order valence-electron chi connectivity index (χ1n) is 4.59. The van der Waals surface area contributed by atoms with Crippen molar-refractivity contribution in [2.24, 2.45) is 5.73 Å². The van der Waals surface area contributed by atoms with Gasteiger partial charge in [-0.25, -0.2) is 8.42 Å². The van der Waals surface area contributed by atoms with Gasteiger partial charge in [0, 0.05) is 9.61 Å². The quantitative estimate of drug-likeness (QED) is 0.847. The predicted molar refractivity (Wildman–Crippen MR) is 70.3 cm³/mol. The molecule has 2 N–H and O–H groups in total. The van der Waals surface area contributed by atoms with Crippen LogP contribution in [0.3, 0.4) is 0 Å². The van der Waals surface area contributed by atoms with Crippen LogP contribution in [0, 0.1) is 3.57 Å². The molecule has 1 unspecified atom stereocenters. The second-order valence-electron chi connectivity index (χ2n) is 3.66. The molecule has 0 spiro atoms. The molecule has 0 bridgehead atoms. The first kappa shape index (κ1) is 12.9. The second kappa shape index (κ2) is 5.27. The van der Waals surface area contributed by atoms with Crippen LogP contribution in [0.5, 0.6) is 0 Å². The van der Waals surface area contributed by atoms with Crippen LogP contribution in [0.4, 0.5) is 0 Å². The molecular weight excluding hydrogens is 325 g/mol. The SMILES string of the molecule is CC(N)CS(=O)(=O)Cc1ccc(I)cc1. The summed E-state index contributed by atoms with van der Waals surface area (Å²) in [6.45, 7) is 1.70. The molecule has 5 heteroatoms. The van der Waals surface area contributed by atoms with Gasteiger partial charge in [-0.2, -0.15) is 0 Å². The van der Waals surface area contributed by atoms with Crippen molar-refractivity contribution in [2.75, 3.05) is 5.75 Å². The molecule has 0 radical (unpaired) electrons. The highest BCUT2D eigenvalue weighted by atomic mass is 127. The van der Waals surface area contributed by atoms with Crippen LogP contribution in [-0.2, 0) is 15.6 Å². The van der Waals surface area contributed by atoms with Gasteiger partial charge in [-0.1, -0.05) is 12.1 Å². The van der Waals surface area contributed by atoms with Crippen LogP contribution >= 0.6 is 22.6 Å². The average Bonchev–Trinajstić information content (AvgIpc) is 2.06. The second-order valence-corrected chi connectivity index (χ2v) is 7.01. The zero-order chi connectivity index (χ0) is 11.5. The van der Waals surface area contributed by atoms with Crippen molar-refractivity contribution < 1.29 is 8.42 Å². The molecule has 0 aliphatic carbocycles. The van der Waals surface area contributed by atoms with Crippen molar-refractivity contribution in [3.05, 3.63) is 33.4 Å². The molecule has 0 fully saturated rings. The van der Waals surface area contributed by atoms with E-state index in [1.807, 2.05) is 24.3 Å². The molecule has 1 aromatic carbocycles. The van der Waals surface area contributed by atoms with Crippen molar-refractivity contribution in [3.63, 3.8) is 0 Å². The third-order valence-corrected chi connectivity index (χ3v) is 4.34. The Morgan fingerprint density at radius 2 is 1.87 bits per heavy atom. The lowest BCUT2D eigenvalue weighted by atomic mass is 10.2. The topological polar surface area (TPSA) is 60.2 Å². The number of rotatable bonds is 4. The molecule has 3 nitrogen and oxygen atoms in total. The Kier molecular flexibility index (Phi) is 4.54.